The Bertz CT molecular complexity index is 406. The molecule has 0 radical (unpaired) electrons. The summed E-state index contributed by atoms with van der Waals surface area (Å²) in [5.74, 6) is -5.89. The van der Waals surface area contributed by atoms with Crippen LogP contribution in [0.4, 0.5) is 39.5 Å². The lowest BCUT2D eigenvalue weighted by Crippen LogP contribution is -2.61. The molecule has 0 aromatic heterocycles. The molecule has 22 heavy (non-hydrogen) atoms. The number of esters is 2. The maximum absolute atomic E-state index is 12.6. The van der Waals surface area contributed by atoms with E-state index in [4.69, 9.17) is 0 Å². The number of carbonyl (C=O) groups is 2. The molecule has 0 aliphatic carbocycles. The molecule has 130 valence electrons. The van der Waals surface area contributed by atoms with Gasteiger partial charge in [0.05, 0.1) is 6.61 Å². The molecule has 0 amide bonds. The Morgan fingerprint density at radius 3 is 1.55 bits per heavy atom. The van der Waals surface area contributed by atoms with Gasteiger partial charge in [0.1, 0.15) is 6.42 Å². The highest BCUT2D eigenvalue weighted by molar-refractivity contribution is 5.77. The van der Waals surface area contributed by atoms with E-state index in [0.717, 1.165) is 6.92 Å². The topological polar surface area (TPSA) is 52.6 Å². The van der Waals surface area contributed by atoms with Crippen molar-refractivity contribution in [2.45, 2.75) is 37.5 Å². The lowest BCUT2D eigenvalue weighted by molar-refractivity contribution is -0.375. The minimum absolute atomic E-state index is 0.641. The van der Waals surface area contributed by atoms with E-state index in [9.17, 15) is 49.1 Å². The van der Waals surface area contributed by atoms with Crippen molar-refractivity contribution in [3.05, 3.63) is 0 Å². The van der Waals surface area contributed by atoms with Crippen LogP contribution in [0.2, 0.25) is 0 Å². The van der Waals surface area contributed by atoms with E-state index in [2.05, 4.69) is 9.47 Å². The highest BCUT2D eigenvalue weighted by Crippen LogP contribution is 2.49. The van der Waals surface area contributed by atoms with Gasteiger partial charge in [-0.25, -0.2) is 4.79 Å². The Morgan fingerprint density at radius 1 is 0.864 bits per heavy atom. The average molecular weight is 350 g/mol. The maximum atomic E-state index is 12.6. The smallest absolute Gasteiger partial charge is 0.466 e. The first kappa shape index (κ1) is 20.3. The van der Waals surface area contributed by atoms with Gasteiger partial charge in [-0.05, 0) is 6.92 Å². The molecule has 0 bridgehead atoms. The first-order valence-corrected chi connectivity index (χ1v) is 5.17. The third kappa shape index (κ3) is 4.40. The molecule has 0 atom stereocenters. The second kappa shape index (κ2) is 6.20. The van der Waals surface area contributed by atoms with Gasteiger partial charge >= 0.3 is 36.1 Å². The summed E-state index contributed by atoms with van der Waals surface area (Å²) < 4.78 is 118. The van der Waals surface area contributed by atoms with Crippen molar-refractivity contribution in [1.29, 1.82) is 0 Å². The molecule has 4 nitrogen and oxygen atoms in total. The fraction of sp³-hybridized carbons (Fsp3) is 0.778. The summed E-state index contributed by atoms with van der Waals surface area (Å²) in [5.41, 5.74) is -5.67. The van der Waals surface area contributed by atoms with Gasteiger partial charge in [-0.2, -0.15) is 39.5 Å². The molecular weight excluding hydrogens is 343 g/mol. The van der Waals surface area contributed by atoms with E-state index >= 15 is 0 Å². The van der Waals surface area contributed by atoms with Crippen molar-refractivity contribution in [3.8, 4) is 0 Å². The van der Waals surface area contributed by atoms with Gasteiger partial charge in [-0.15, -0.1) is 0 Å². The van der Waals surface area contributed by atoms with Crippen LogP contribution in [0.15, 0.2) is 0 Å². The van der Waals surface area contributed by atoms with Crippen LogP contribution < -0.4 is 0 Å². The summed E-state index contributed by atoms with van der Waals surface area (Å²) in [6, 6.07) is 0. The minimum atomic E-state index is -6.54. The fourth-order valence-electron chi connectivity index (χ4n) is 1.14. The van der Waals surface area contributed by atoms with Crippen molar-refractivity contribution in [1.82, 2.24) is 0 Å². The Morgan fingerprint density at radius 2 is 1.27 bits per heavy atom. The van der Waals surface area contributed by atoms with Gasteiger partial charge in [0.15, 0.2) is 0 Å². The number of ether oxygens (including phenoxy) is 2. The van der Waals surface area contributed by atoms with Crippen LogP contribution in [-0.2, 0) is 19.1 Å². The first-order valence-electron chi connectivity index (χ1n) is 5.17. The molecule has 0 N–H and O–H groups in total. The summed E-state index contributed by atoms with van der Waals surface area (Å²) in [5, 5.41) is 0. The lowest BCUT2D eigenvalue weighted by atomic mass is 9.97. The molecule has 0 rings (SSSR count). The second-order valence-electron chi connectivity index (χ2n) is 3.69. The molecule has 13 heteroatoms. The predicted octanol–water partition coefficient (Wildman–Crippen LogP) is 2.91. The number of carbonyl (C=O) groups excluding carboxylic acids is 2. The number of rotatable bonds is 4. The fourth-order valence-corrected chi connectivity index (χ4v) is 1.14. The van der Waals surface area contributed by atoms with E-state index in [-0.39, 0.29) is 0 Å². The standard InChI is InChI=1S/C9H7F9O4/c1-2-21-4(19)3-6(8(13,14)15,9(16,17)18)22-5(20)7(10,11)12/h2-3H2,1H3. The normalized spacial score (nSPS) is 13.7. The minimum Gasteiger partial charge on any atom is -0.466 e. The predicted molar refractivity (Wildman–Crippen MR) is 48.2 cm³/mol. The van der Waals surface area contributed by atoms with Gasteiger partial charge in [-0.1, -0.05) is 0 Å². The number of hydrogen-bond donors (Lipinski definition) is 0. The molecule has 0 unspecified atom stereocenters. The van der Waals surface area contributed by atoms with Crippen molar-refractivity contribution in [2.24, 2.45) is 0 Å². The molecule has 0 aromatic carbocycles. The van der Waals surface area contributed by atoms with E-state index < -0.39 is 49.1 Å². The van der Waals surface area contributed by atoms with Crippen molar-refractivity contribution in [2.75, 3.05) is 6.61 Å². The third-order valence-corrected chi connectivity index (χ3v) is 2.11. The SMILES string of the molecule is CCOC(=O)CC(OC(=O)C(F)(F)F)(C(F)(F)F)C(F)(F)F. The van der Waals surface area contributed by atoms with Gasteiger partial charge in [0.25, 0.3) is 0 Å². The monoisotopic (exact) mass is 350 g/mol. The van der Waals surface area contributed by atoms with Gasteiger partial charge in [-0.3, -0.25) is 4.79 Å². The number of hydrogen-bond acceptors (Lipinski definition) is 4. The summed E-state index contributed by atoms with van der Waals surface area (Å²) >= 11 is 0. The zero-order valence-electron chi connectivity index (χ0n) is 10.4. The molecule has 0 saturated heterocycles. The van der Waals surface area contributed by atoms with Crippen LogP contribution in [-0.4, -0.2) is 42.7 Å². The number of halogens is 9. The van der Waals surface area contributed by atoms with Crippen molar-refractivity contribution < 1.29 is 58.6 Å². The second-order valence-corrected chi connectivity index (χ2v) is 3.69. The van der Waals surface area contributed by atoms with Gasteiger partial charge in [0, 0.05) is 0 Å². The molecule has 0 aromatic rings. The van der Waals surface area contributed by atoms with Crippen LogP contribution in [0.5, 0.6) is 0 Å². The van der Waals surface area contributed by atoms with Crippen LogP contribution in [0.25, 0.3) is 0 Å². The van der Waals surface area contributed by atoms with Crippen LogP contribution >= 0.6 is 0 Å². The van der Waals surface area contributed by atoms with E-state index in [1.165, 1.54) is 0 Å². The summed E-state index contributed by atoms with van der Waals surface area (Å²) in [6.45, 7) is 0.389. The largest absolute Gasteiger partial charge is 0.490 e. The zero-order valence-corrected chi connectivity index (χ0v) is 10.4. The highest BCUT2D eigenvalue weighted by Gasteiger charge is 2.76. The van der Waals surface area contributed by atoms with Gasteiger partial charge in [0.2, 0.25) is 0 Å². The Kier molecular flexibility index (Phi) is 5.72. The molecule has 0 aliphatic heterocycles. The van der Waals surface area contributed by atoms with Crippen molar-refractivity contribution in [3.63, 3.8) is 0 Å². The maximum Gasteiger partial charge on any atom is 0.490 e. The molecule has 0 aliphatic rings. The van der Waals surface area contributed by atoms with Crippen LogP contribution in [0.3, 0.4) is 0 Å². The van der Waals surface area contributed by atoms with Crippen molar-refractivity contribution >= 4 is 11.9 Å². The molecule has 0 heterocycles. The summed E-state index contributed by atoms with van der Waals surface area (Å²) in [7, 11) is 0. The molecule has 0 spiro atoms. The number of alkyl halides is 9. The van der Waals surface area contributed by atoms with Crippen LogP contribution in [0.1, 0.15) is 13.3 Å². The van der Waals surface area contributed by atoms with Gasteiger partial charge < -0.3 is 9.47 Å². The lowest BCUT2D eigenvalue weighted by Gasteiger charge is -2.35. The van der Waals surface area contributed by atoms with E-state index in [1.54, 1.807) is 0 Å². The quantitative estimate of drug-likeness (QED) is 0.578. The summed E-state index contributed by atoms with van der Waals surface area (Å²) in [4.78, 5) is 21.3. The average Bonchev–Trinajstić information content (AvgIpc) is 2.23. The third-order valence-electron chi connectivity index (χ3n) is 2.11. The van der Waals surface area contributed by atoms with Crippen LogP contribution in [0, 0.1) is 0 Å². The molecular formula is C9H7F9O4. The Hall–Kier alpha value is -1.69. The highest BCUT2D eigenvalue weighted by atomic mass is 19.4. The Balaban J connectivity index is 5.91. The van der Waals surface area contributed by atoms with E-state index in [0.29, 0.717) is 0 Å². The van der Waals surface area contributed by atoms with E-state index in [1.807, 2.05) is 0 Å². The first-order chi connectivity index (χ1) is 9.58. The Labute approximate surface area is 116 Å². The molecule has 0 fully saturated rings. The molecule has 0 saturated carbocycles. The zero-order chi connectivity index (χ0) is 18.0. The summed E-state index contributed by atoms with van der Waals surface area (Å²) in [6.07, 6.45) is -21.9.